The Kier molecular flexibility index (Phi) is 4.95. The van der Waals surface area contributed by atoms with Gasteiger partial charge in [-0.1, -0.05) is 24.3 Å². The maximum atomic E-state index is 12.9. The minimum atomic E-state index is -4.48. The molecular weight excluding hydrogens is 393 g/mol. The lowest BCUT2D eigenvalue weighted by atomic mass is 10.2. The van der Waals surface area contributed by atoms with Gasteiger partial charge in [0.05, 0.1) is 5.56 Å². The van der Waals surface area contributed by atoms with Gasteiger partial charge in [-0.2, -0.15) is 13.2 Å². The van der Waals surface area contributed by atoms with E-state index in [-0.39, 0.29) is 5.69 Å². The summed E-state index contributed by atoms with van der Waals surface area (Å²) in [6, 6.07) is 21.0. The first-order valence-electron chi connectivity index (χ1n) is 9.12. The second-order valence-corrected chi connectivity index (χ2v) is 6.76. The molecule has 4 aromatic rings. The van der Waals surface area contributed by atoms with Crippen LogP contribution in [0.3, 0.4) is 0 Å². The molecule has 0 aliphatic rings. The quantitative estimate of drug-likeness (QED) is 0.433. The molecule has 0 saturated heterocycles. The van der Waals surface area contributed by atoms with Crippen molar-refractivity contribution in [3.63, 3.8) is 0 Å². The van der Waals surface area contributed by atoms with Crippen LogP contribution in [0.4, 0.5) is 18.9 Å². The Morgan fingerprint density at radius 3 is 2.40 bits per heavy atom. The molecule has 0 bridgehead atoms. The van der Waals surface area contributed by atoms with E-state index in [0.717, 1.165) is 23.0 Å². The van der Waals surface area contributed by atoms with Crippen LogP contribution in [0.15, 0.2) is 78.9 Å². The zero-order valence-corrected chi connectivity index (χ0v) is 15.9. The van der Waals surface area contributed by atoms with Crippen molar-refractivity contribution in [3.05, 3.63) is 90.1 Å². The van der Waals surface area contributed by atoms with Crippen molar-refractivity contribution >= 4 is 22.5 Å². The molecule has 30 heavy (non-hydrogen) atoms. The number of carbonyl (C=O) groups is 1. The molecule has 0 unspecified atom stereocenters. The second kappa shape index (κ2) is 7.59. The van der Waals surface area contributed by atoms with Gasteiger partial charge >= 0.3 is 6.18 Å². The molecular formula is C23H17F3N2O2. The zero-order valence-electron chi connectivity index (χ0n) is 15.9. The molecule has 0 saturated carbocycles. The third-order valence-electron chi connectivity index (χ3n) is 4.67. The fourth-order valence-electron chi connectivity index (χ4n) is 3.20. The fraction of sp³-hybridized carbons (Fsp3) is 0.0870. The predicted octanol–water partition coefficient (Wildman–Crippen LogP) is 6.24. The van der Waals surface area contributed by atoms with Crippen LogP contribution in [0.2, 0.25) is 0 Å². The van der Waals surface area contributed by atoms with Crippen molar-refractivity contribution in [1.29, 1.82) is 0 Å². The van der Waals surface area contributed by atoms with E-state index >= 15 is 0 Å². The maximum Gasteiger partial charge on any atom is 0.416 e. The lowest BCUT2D eigenvalue weighted by Gasteiger charge is -2.10. The summed E-state index contributed by atoms with van der Waals surface area (Å²) in [6.45, 7) is 0. The van der Waals surface area contributed by atoms with Crippen molar-refractivity contribution in [2.45, 2.75) is 6.18 Å². The molecule has 0 atom stereocenters. The number of rotatable bonds is 4. The Hall–Kier alpha value is -3.74. The van der Waals surface area contributed by atoms with E-state index in [0.29, 0.717) is 17.2 Å². The average molecular weight is 410 g/mol. The Morgan fingerprint density at radius 1 is 0.900 bits per heavy atom. The van der Waals surface area contributed by atoms with Gasteiger partial charge in [0.1, 0.15) is 17.2 Å². The van der Waals surface area contributed by atoms with Gasteiger partial charge < -0.3 is 14.6 Å². The highest BCUT2D eigenvalue weighted by atomic mass is 19.4. The number of anilines is 1. The number of nitrogens with one attached hydrogen (secondary N) is 1. The molecule has 7 heteroatoms. The topological polar surface area (TPSA) is 43.3 Å². The van der Waals surface area contributed by atoms with E-state index in [4.69, 9.17) is 4.74 Å². The first kappa shape index (κ1) is 19.6. The summed E-state index contributed by atoms with van der Waals surface area (Å²) in [5.41, 5.74) is 0.372. The highest BCUT2D eigenvalue weighted by molar-refractivity contribution is 6.06. The number of alkyl halides is 3. The van der Waals surface area contributed by atoms with Gasteiger partial charge in [-0.05, 0) is 54.6 Å². The molecule has 4 rings (SSSR count). The summed E-state index contributed by atoms with van der Waals surface area (Å²) < 4.78 is 46.2. The maximum absolute atomic E-state index is 12.9. The average Bonchev–Trinajstić information content (AvgIpc) is 3.04. The molecule has 1 aromatic heterocycles. The van der Waals surface area contributed by atoms with E-state index in [9.17, 15) is 18.0 Å². The largest absolute Gasteiger partial charge is 0.457 e. The number of carbonyl (C=O) groups excluding carboxylic acids is 1. The first-order valence-corrected chi connectivity index (χ1v) is 9.12. The molecule has 0 aliphatic heterocycles. The summed E-state index contributed by atoms with van der Waals surface area (Å²) in [6.07, 6.45) is -4.48. The van der Waals surface area contributed by atoms with E-state index < -0.39 is 17.6 Å². The number of aromatic nitrogens is 1. The van der Waals surface area contributed by atoms with Gasteiger partial charge in [0, 0.05) is 23.6 Å². The van der Waals surface area contributed by atoms with E-state index in [1.54, 1.807) is 23.7 Å². The SMILES string of the molecule is Cn1c(C(=O)Nc2cccc(C(F)(F)F)c2)cc2cc(Oc3ccccc3)ccc21. The fourth-order valence-corrected chi connectivity index (χ4v) is 3.20. The van der Waals surface area contributed by atoms with Crippen LogP contribution >= 0.6 is 0 Å². The normalized spacial score (nSPS) is 11.5. The van der Waals surface area contributed by atoms with Crippen molar-refractivity contribution in [3.8, 4) is 11.5 Å². The first-order chi connectivity index (χ1) is 14.3. The van der Waals surface area contributed by atoms with E-state index in [2.05, 4.69) is 5.32 Å². The Morgan fingerprint density at radius 2 is 1.67 bits per heavy atom. The smallest absolute Gasteiger partial charge is 0.416 e. The molecule has 3 aromatic carbocycles. The number of hydrogen-bond donors (Lipinski definition) is 1. The Bertz CT molecular complexity index is 1210. The van der Waals surface area contributed by atoms with Crippen molar-refractivity contribution in [2.24, 2.45) is 7.05 Å². The Balaban J connectivity index is 1.59. The third-order valence-corrected chi connectivity index (χ3v) is 4.67. The minimum Gasteiger partial charge on any atom is -0.457 e. The van der Waals surface area contributed by atoms with E-state index in [1.807, 2.05) is 42.5 Å². The van der Waals surface area contributed by atoms with Crippen LogP contribution in [-0.4, -0.2) is 10.5 Å². The summed E-state index contributed by atoms with van der Waals surface area (Å²) in [5.74, 6) is 0.804. The molecule has 1 amide bonds. The van der Waals surface area contributed by atoms with Crippen LogP contribution in [0.25, 0.3) is 10.9 Å². The number of para-hydroxylation sites is 1. The highest BCUT2D eigenvalue weighted by Gasteiger charge is 2.30. The van der Waals surface area contributed by atoms with Gasteiger partial charge in [-0.3, -0.25) is 4.79 Å². The number of hydrogen-bond acceptors (Lipinski definition) is 2. The summed E-state index contributed by atoms with van der Waals surface area (Å²) in [4.78, 5) is 12.7. The summed E-state index contributed by atoms with van der Waals surface area (Å²) in [7, 11) is 1.72. The number of fused-ring (bicyclic) bond motifs is 1. The van der Waals surface area contributed by atoms with Gasteiger partial charge in [0.15, 0.2) is 0 Å². The minimum absolute atomic E-state index is 0.0770. The Labute approximate surface area is 170 Å². The van der Waals surface area contributed by atoms with Gasteiger partial charge in [-0.15, -0.1) is 0 Å². The van der Waals surface area contributed by atoms with Crippen LogP contribution in [-0.2, 0) is 13.2 Å². The predicted molar refractivity (Wildman–Crippen MR) is 109 cm³/mol. The molecule has 152 valence electrons. The summed E-state index contributed by atoms with van der Waals surface area (Å²) >= 11 is 0. The van der Waals surface area contributed by atoms with Gasteiger partial charge in [0.2, 0.25) is 0 Å². The van der Waals surface area contributed by atoms with Crippen molar-refractivity contribution in [2.75, 3.05) is 5.32 Å². The molecule has 1 N–H and O–H groups in total. The zero-order chi connectivity index (χ0) is 21.3. The number of ether oxygens (including phenoxy) is 1. The lowest BCUT2D eigenvalue weighted by molar-refractivity contribution is -0.137. The van der Waals surface area contributed by atoms with Crippen LogP contribution < -0.4 is 10.1 Å². The number of halogens is 3. The van der Waals surface area contributed by atoms with Crippen molar-refractivity contribution < 1.29 is 22.7 Å². The molecule has 0 fully saturated rings. The molecule has 1 heterocycles. The molecule has 0 spiro atoms. The number of benzene rings is 3. The number of amides is 1. The molecule has 0 radical (unpaired) electrons. The van der Waals surface area contributed by atoms with Crippen molar-refractivity contribution in [1.82, 2.24) is 4.57 Å². The second-order valence-electron chi connectivity index (χ2n) is 6.76. The van der Waals surface area contributed by atoms with Crippen LogP contribution in [0.1, 0.15) is 16.1 Å². The molecule has 4 nitrogen and oxygen atoms in total. The standard InChI is InChI=1S/C23H17F3N2O2/c1-28-20-11-10-19(30-18-8-3-2-4-9-18)12-15(20)13-21(28)22(29)27-17-7-5-6-16(14-17)23(24,25)26/h2-14H,1H3,(H,27,29). The van der Waals surface area contributed by atoms with E-state index in [1.165, 1.54) is 12.1 Å². The monoisotopic (exact) mass is 410 g/mol. The molecule has 0 aliphatic carbocycles. The number of nitrogens with zero attached hydrogens (tertiary/aromatic N) is 1. The van der Waals surface area contributed by atoms with Crippen LogP contribution in [0, 0.1) is 0 Å². The van der Waals surface area contributed by atoms with Gasteiger partial charge in [-0.25, -0.2) is 0 Å². The lowest BCUT2D eigenvalue weighted by Crippen LogP contribution is -2.16. The summed E-state index contributed by atoms with van der Waals surface area (Å²) in [5, 5.41) is 3.31. The highest BCUT2D eigenvalue weighted by Crippen LogP contribution is 2.31. The number of aryl methyl sites for hydroxylation is 1. The van der Waals surface area contributed by atoms with Crippen LogP contribution in [0.5, 0.6) is 11.5 Å². The van der Waals surface area contributed by atoms with Gasteiger partial charge in [0.25, 0.3) is 5.91 Å². The third kappa shape index (κ3) is 4.00.